The van der Waals surface area contributed by atoms with E-state index in [1.54, 1.807) is 36.5 Å². The van der Waals surface area contributed by atoms with Gasteiger partial charge in [0.25, 0.3) is 0 Å². The zero-order chi connectivity index (χ0) is 16.4. The van der Waals surface area contributed by atoms with Crippen LogP contribution in [0, 0.1) is 5.82 Å². The van der Waals surface area contributed by atoms with Gasteiger partial charge in [-0.3, -0.25) is 14.6 Å². The van der Waals surface area contributed by atoms with Gasteiger partial charge in [-0.15, -0.1) is 0 Å². The second kappa shape index (κ2) is 6.16. The Morgan fingerprint density at radius 2 is 2.26 bits per heavy atom. The van der Waals surface area contributed by atoms with E-state index in [0.29, 0.717) is 17.8 Å². The zero-order valence-electron chi connectivity index (χ0n) is 12.6. The van der Waals surface area contributed by atoms with Crippen molar-refractivity contribution >= 4 is 17.5 Å². The number of aromatic nitrogens is 1. The van der Waals surface area contributed by atoms with Crippen molar-refractivity contribution in [1.29, 1.82) is 0 Å². The molecule has 1 aliphatic heterocycles. The summed E-state index contributed by atoms with van der Waals surface area (Å²) in [5, 5.41) is 2.61. The van der Waals surface area contributed by atoms with Gasteiger partial charge in [0.1, 0.15) is 5.82 Å². The number of benzene rings is 1. The fourth-order valence-corrected chi connectivity index (χ4v) is 2.77. The topological polar surface area (TPSA) is 62.3 Å². The summed E-state index contributed by atoms with van der Waals surface area (Å²) in [7, 11) is 1.69. The van der Waals surface area contributed by atoms with Crippen LogP contribution in [-0.2, 0) is 16.1 Å². The number of hydrogen-bond acceptors (Lipinski definition) is 3. The number of fused-ring (bicyclic) bond motifs is 1. The Balaban J connectivity index is 1.83. The molecule has 1 aromatic heterocycles. The number of anilines is 1. The number of nitrogens with zero attached hydrogens (tertiary/aromatic N) is 2. The number of hydrogen-bond donors (Lipinski definition) is 1. The maximum atomic E-state index is 13.3. The number of amides is 2. The van der Waals surface area contributed by atoms with Crippen LogP contribution in [-0.4, -0.2) is 28.7 Å². The monoisotopic (exact) mass is 313 g/mol. The first-order valence-electron chi connectivity index (χ1n) is 7.28. The molecule has 2 aromatic rings. The Morgan fingerprint density at radius 3 is 3.00 bits per heavy atom. The van der Waals surface area contributed by atoms with Crippen LogP contribution in [0.3, 0.4) is 0 Å². The van der Waals surface area contributed by atoms with E-state index in [9.17, 15) is 14.0 Å². The Kier molecular flexibility index (Phi) is 4.06. The maximum Gasteiger partial charge on any atom is 0.230 e. The molecule has 0 saturated carbocycles. The summed E-state index contributed by atoms with van der Waals surface area (Å²) < 4.78 is 13.3. The average Bonchev–Trinajstić information content (AvgIpc) is 2.53. The van der Waals surface area contributed by atoms with Gasteiger partial charge >= 0.3 is 0 Å². The van der Waals surface area contributed by atoms with Gasteiger partial charge < -0.3 is 10.2 Å². The Bertz CT molecular complexity index is 749. The molecule has 0 spiro atoms. The smallest absolute Gasteiger partial charge is 0.230 e. The molecule has 0 unspecified atom stereocenters. The van der Waals surface area contributed by atoms with E-state index in [2.05, 4.69) is 10.3 Å². The molecule has 5 nitrogen and oxygen atoms in total. The molecule has 2 amide bonds. The summed E-state index contributed by atoms with van der Waals surface area (Å²) in [5.41, 5.74) is 1.92. The van der Waals surface area contributed by atoms with Gasteiger partial charge in [0.15, 0.2) is 0 Å². The molecule has 0 aliphatic carbocycles. The lowest BCUT2D eigenvalue weighted by Crippen LogP contribution is -2.36. The van der Waals surface area contributed by atoms with Crippen LogP contribution in [0.25, 0.3) is 0 Å². The fourth-order valence-electron chi connectivity index (χ4n) is 2.77. The van der Waals surface area contributed by atoms with E-state index in [1.807, 2.05) is 6.07 Å². The summed E-state index contributed by atoms with van der Waals surface area (Å²) in [4.78, 5) is 30.1. The van der Waals surface area contributed by atoms with Crippen molar-refractivity contribution in [1.82, 2.24) is 9.88 Å². The van der Waals surface area contributed by atoms with E-state index < -0.39 is 11.7 Å². The lowest BCUT2D eigenvalue weighted by molar-refractivity contribution is -0.134. The molecule has 1 N–H and O–H groups in total. The summed E-state index contributed by atoms with van der Waals surface area (Å²) in [6.07, 6.45) is 3.43. The summed E-state index contributed by atoms with van der Waals surface area (Å²) in [5.74, 6) is -1.49. The number of rotatable bonds is 3. The third kappa shape index (κ3) is 3.21. The number of nitrogens with one attached hydrogen (secondary N) is 1. The van der Waals surface area contributed by atoms with Crippen LogP contribution in [0.15, 0.2) is 42.7 Å². The molecule has 3 rings (SSSR count). The second-order valence-corrected chi connectivity index (χ2v) is 5.59. The molecule has 23 heavy (non-hydrogen) atoms. The molecule has 0 radical (unpaired) electrons. The van der Waals surface area contributed by atoms with E-state index in [4.69, 9.17) is 0 Å². The van der Waals surface area contributed by atoms with Gasteiger partial charge in [-0.2, -0.15) is 0 Å². The summed E-state index contributed by atoms with van der Waals surface area (Å²) in [6, 6.07) is 7.80. The van der Waals surface area contributed by atoms with Crippen molar-refractivity contribution in [2.24, 2.45) is 0 Å². The predicted molar refractivity (Wildman–Crippen MR) is 83.1 cm³/mol. The third-order valence-corrected chi connectivity index (χ3v) is 3.87. The second-order valence-electron chi connectivity index (χ2n) is 5.59. The predicted octanol–water partition coefficient (Wildman–Crippen LogP) is 2.31. The molecular weight excluding hydrogens is 297 g/mol. The highest BCUT2D eigenvalue weighted by Gasteiger charge is 2.32. The lowest BCUT2D eigenvalue weighted by Gasteiger charge is -2.28. The molecule has 6 heteroatoms. The third-order valence-electron chi connectivity index (χ3n) is 3.87. The number of halogens is 1. The van der Waals surface area contributed by atoms with E-state index in [0.717, 1.165) is 5.56 Å². The number of carbonyl (C=O) groups excluding carboxylic acids is 2. The molecule has 2 heterocycles. The van der Waals surface area contributed by atoms with Crippen LogP contribution in [0.4, 0.5) is 10.1 Å². The van der Waals surface area contributed by atoms with E-state index in [1.165, 1.54) is 12.1 Å². The molecule has 1 atom stereocenters. The average molecular weight is 313 g/mol. The van der Waals surface area contributed by atoms with E-state index >= 15 is 0 Å². The van der Waals surface area contributed by atoms with Crippen molar-refractivity contribution in [2.45, 2.75) is 18.9 Å². The van der Waals surface area contributed by atoms with Gasteiger partial charge in [0.2, 0.25) is 11.8 Å². The van der Waals surface area contributed by atoms with Gasteiger partial charge in [-0.1, -0.05) is 12.1 Å². The lowest BCUT2D eigenvalue weighted by atomic mass is 9.89. The Labute approximate surface area is 133 Å². The largest absolute Gasteiger partial charge is 0.341 e. The quantitative estimate of drug-likeness (QED) is 0.946. The Morgan fingerprint density at radius 1 is 1.43 bits per heavy atom. The highest BCUT2D eigenvalue weighted by Crippen LogP contribution is 2.34. The molecule has 0 bridgehead atoms. The molecule has 0 saturated heterocycles. The SMILES string of the molecule is CN(Cc1cccnc1)C(=O)[C@H]1CC(=O)Nc2cc(F)ccc21. The first-order chi connectivity index (χ1) is 11.0. The number of carbonyl (C=O) groups is 2. The van der Waals surface area contributed by atoms with Crippen LogP contribution < -0.4 is 5.32 Å². The minimum Gasteiger partial charge on any atom is -0.341 e. The standard InChI is InChI=1S/C17H16FN3O2/c1-21(10-11-3-2-6-19-9-11)17(23)14-8-16(22)20-15-7-12(18)4-5-13(14)15/h2-7,9,14H,8,10H2,1H3,(H,20,22)/t14-/m0/s1. The summed E-state index contributed by atoms with van der Waals surface area (Å²) >= 11 is 0. The van der Waals surface area contributed by atoms with Crippen LogP contribution in [0.1, 0.15) is 23.5 Å². The van der Waals surface area contributed by atoms with Crippen molar-refractivity contribution in [3.63, 3.8) is 0 Å². The van der Waals surface area contributed by atoms with Gasteiger partial charge in [-0.25, -0.2) is 4.39 Å². The van der Waals surface area contributed by atoms with Gasteiger partial charge in [0, 0.05) is 38.1 Å². The maximum absolute atomic E-state index is 13.3. The van der Waals surface area contributed by atoms with Crippen molar-refractivity contribution in [3.8, 4) is 0 Å². The molecule has 0 fully saturated rings. The normalized spacial score (nSPS) is 16.4. The van der Waals surface area contributed by atoms with Gasteiger partial charge in [0.05, 0.1) is 5.92 Å². The molecule has 118 valence electrons. The number of likely N-dealkylation sites (N-methyl/N-ethyl adjacent to an activating group) is 1. The van der Waals surface area contributed by atoms with Crippen LogP contribution in [0.5, 0.6) is 0 Å². The van der Waals surface area contributed by atoms with Crippen LogP contribution >= 0.6 is 0 Å². The summed E-state index contributed by atoms with van der Waals surface area (Å²) in [6.45, 7) is 0.404. The van der Waals surface area contributed by atoms with Gasteiger partial charge in [-0.05, 0) is 29.3 Å². The van der Waals surface area contributed by atoms with Crippen molar-refractivity contribution < 1.29 is 14.0 Å². The number of pyridine rings is 1. The van der Waals surface area contributed by atoms with E-state index in [-0.39, 0.29) is 18.2 Å². The molecule has 1 aliphatic rings. The molecular formula is C17H16FN3O2. The minimum absolute atomic E-state index is 0.0643. The highest BCUT2D eigenvalue weighted by molar-refractivity contribution is 6.01. The zero-order valence-corrected chi connectivity index (χ0v) is 12.6. The van der Waals surface area contributed by atoms with Crippen molar-refractivity contribution in [3.05, 3.63) is 59.7 Å². The first-order valence-corrected chi connectivity index (χ1v) is 7.28. The highest BCUT2D eigenvalue weighted by atomic mass is 19.1. The minimum atomic E-state index is -0.596. The fraction of sp³-hybridized carbons (Fsp3) is 0.235. The Hall–Kier alpha value is -2.76. The first kappa shape index (κ1) is 15.1. The van der Waals surface area contributed by atoms with Crippen LogP contribution in [0.2, 0.25) is 0 Å². The van der Waals surface area contributed by atoms with Crippen molar-refractivity contribution in [2.75, 3.05) is 12.4 Å². The molecule has 1 aromatic carbocycles.